The number of unbranched alkanes of at least 4 members (excludes halogenated alkanes) is 3. The average molecular weight is 381 g/mol. The minimum absolute atomic E-state index is 0.247. The van der Waals surface area contributed by atoms with Crippen LogP contribution in [0, 0.1) is 11.5 Å². The Kier molecular flexibility index (Phi) is 8.81. The molecule has 0 radical (unpaired) electrons. The lowest BCUT2D eigenvalue weighted by molar-refractivity contribution is 0.0697. The van der Waals surface area contributed by atoms with Crippen molar-refractivity contribution in [2.45, 2.75) is 25.7 Å². The Labute approximate surface area is 163 Å². The Balaban J connectivity index is 1.60. The number of hydrogen-bond donors (Lipinski definition) is 3. The molecular formula is C20H23N5O3. The summed E-state index contributed by atoms with van der Waals surface area (Å²) in [7, 11) is 0. The zero-order valence-electron chi connectivity index (χ0n) is 15.5. The van der Waals surface area contributed by atoms with Gasteiger partial charge in [0.2, 0.25) is 5.96 Å². The number of ether oxygens (including phenoxy) is 1. The first-order valence-corrected chi connectivity index (χ1v) is 9.02. The lowest BCUT2D eigenvalue weighted by Crippen LogP contribution is -2.27. The van der Waals surface area contributed by atoms with E-state index in [4.69, 9.17) is 15.1 Å². The Hall–Kier alpha value is -3.60. The number of nitrogens with one attached hydrogen (secondary N) is 2. The van der Waals surface area contributed by atoms with Gasteiger partial charge in [0.1, 0.15) is 5.75 Å². The van der Waals surface area contributed by atoms with Crippen molar-refractivity contribution in [3.63, 3.8) is 0 Å². The molecule has 1 heterocycles. The van der Waals surface area contributed by atoms with Gasteiger partial charge in [-0.25, -0.2) is 4.79 Å². The fourth-order valence-corrected chi connectivity index (χ4v) is 2.38. The highest BCUT2D eigenvalue weighted by molar-refractivity contribution is 5.94. The van der Waals surface area contributed by atoms with E-state index in [0.717, 1.165) is 31.4 Å². The summed E-state index contributed by atoms with van der Waals surface area (Å²) in [5.41, 5.74) is 1.06. The van der Waals surface area contributed by atoms with Gasteiger partial charge in [0.05, 0.1) is 12.2 Å². The quantitative estimate of drug-likeness (QED) is 0.190. The molecule has 0 bridgehead atoms. The standard InChI is InChI=1S/C20H23N5O3/c21-15-24-20(25-17-9-12-22-13-10-17)23-11-3-1-2-4-14-28-18-7-5-16(6-8-18)19(26)27/h5-10,12-13H,1-4,11,14H2,(H,26,27)(H2,22,23,24,25). The minimum atomic E-state index is -0.946. The topological polar surface area (TPSA) is 120 Å². The lowest BCUT2D eigenvalue weighted by atomic mass is 10.2. The van der Waals surface area contributed by atoms with Crippen molar-refractivity contribution in [3.05, 3.63) is 54.4 Å². The number of anilines is 1. The molecule has 146 valence electrons. The van der Waals surface area contributed by atoms with Crippen LogP contribution in [0.15, 0.2) is 53.8 Å². The summed E-state index contributed by atoms with van der Waals surface area (Å²) in [6.45, 7) is 1.19. The summed E-state index contributed by atoms with van der Waals surface area (Å²) in [6, 6.07) is 9.98. The molecule has 0 aliphatic rings. The number of aliphatic imine (C=N–C) groups is 1. The van der Waals surface area contributed by atoms with E-state index in [1.165, 1.54) is 12.1 Å². The molecule has 0 amide bonds. The van der Waals surface area contributed by atoms with E-state index in [2.05, 4.69) is 20.6 Å². The van der Waals surface area contributed by atoms with Gasteiger partial charge in [0.15, 0.2) is 6.19 Å². The van der Waals surface area contributed by atoms with Crippen molar-refractivity contribution >= 4 is 17.6 Å². The van der Waals surface area contributed by atoms with Crippen LogP contribution in [-0.4, -0.2) is 35.2 Å². The summed E-state index contributed by atoms with van der Waals surface area (Å²) in [5, 5.41) is 23.2. The molecule has 0 saturated heterocycles. The zero-order valence-corrected chi connectivity index (χ0v) is 15.5. The number of hydrogen-bond acceptors (Lipinski definition) is 5. The summed E-state index contributed by atoms with van der Waals surface area (Å²) >= 11 is 0. The van der Waals surface area contributed by atoms with Gasteiger partial charge in [-0.2, -0.15) is 5.26 Å². The van der Waals surface area contributed by atoms with Crippen molar-refractivity contribution < 1.29 is 14.6 Å². The number of carboxylic acid groups (broad SMARTS) is 1. The Bertz CT molecular complexity index is 801. The smallest absolute Gasteiger partial charge is 0.335 e. The van der Waals surface area contributed by atoms with Crippen molar-refractivity contribution in [2.24, 2.45) is 4.99 Å². The van der Waals surface area contributed by atoms with Crippen molar-refractivity contribution in [1.29, 1.82) is 5.26 Å². The third-order valence-electron chi connectivity index (χ3n) is 3.81. The van der Waals surface area contributed by atoms with Crippen LogP contribution in [0.4, 0.5) is 5.69 Å². The summed E-state index contributed by atoms with van der Waals surface area (Å²) in [6.07, 6.45) is 9.01. The van der Waals surface area contributed by atoms with E-state index >= 15 is 0 Å². The fraction of sp³-hybridized carbons (Fsp3) is 0.300. The number of nitriles is 1. The van der Waals surface area contributed by atoms with Gasteiger partial charge in [-0.3, -0.25) is 15.3 Å². The average Bonchev–Trinajstić information content (AvgIpc) is 2.71. The molecule has 0 atom stereocenters. The van der Waals surface area contributed by atoms with Gasteiger partial charge in [0, 0.05) is 24.6 Å². The van der Waals surface area contributed by atoms with Crippen molar-refractivity contribution in [2.75, 3.05) is 18.5 Å². The highest BCUT2D eigenvalue weighted by atomic mass is 16.5. The second-order valence-corrected chi connectivity index (χ2v) is 5.92. The van der Waals surface area contributed by atoms with E-state index in [0.29, 0.717) is 24.9 Å². The molecule has 8 heteroatoms. The Morgan fingerprint density at radius 3 is 2.50 bits per heavy atom. The van der Waals surface area contributed by atoms with Gasteiger partial charge in [-0.05, 0) is 55.7 Å². The van der Waals surface area contributed by atoms with Crippen LogP contribution in [0.2, 0.25) is 0 Å². The molecule has 1 aromatic carbocycles. The second kappa shape index (κ2) is 11.9. The van der Waals surface area contributed by atoms with Gasteiger partial charge in [-0.15, -0.1) is 0 Å². The van der Waals surface area contributed by atoms with Crippen molar-refractivity contribution in [1.82, 2.24) is 10.3 Å². The SMILES string of the molecule is N#CNC(=NCCCCCCOc1ccc(C(=O)O)cc1)Nc1ccncc1. The third kappa shape index (κ3) is 7.74. The molecule has 28 heavy (non-hydrogen) atoms. The number of nitrogens with zero attached hydrogens (tertiary/aromatic N) is 3. The van der Waals surface area contributed by atoms with E-state index < -0.39 is 5.97 Å². The Morgan fingerprint density at radius 1 is 1.11 bits per heavy atom. The molecule has 1 aromatic heterocycles. The van der Waals surface area contributed by atoms with Crippen LogP contribution in [0.1, 0.15) is 36.0 Å². The van der Waals surface area contributed by atoms with Gasteiger partial charge >= 0.3 is 5.97 Å². The van der Waals surface area contributed by atoms with Crippen LogP contribution in [0.3, 0.4) is 0 Å². The Morgan fingerprint density at radius 2 is 1.82 bits per heavy atom. The third-order valence-corrected chi connectivity index (χ3v) is 3.81. The summed E-state index contributed by atoms with van der Waals surface area (Å²) in [4.78, 5) is 19.1. The largest absolute Gasteiger partial charge is 0.494 e. The maximum absolute atomic E-state index is 10.8. The zero-order chi connectivity index (χ0) is 20.0. The maximum Gasteiger partial charge on any atom is 0.335 e. The van der Waals surface area contributed by atoms with Crippen LogP contribution >= 0.6 is 0 Å². The van der Waals surface area contributed by atoms with Crippen LogP contribution in [-0.2, 0) is 0 Å². The van der Waals surface area contributed by atoms with E-state index in [1.807, 2.05) is 6.19 Å². The first-order valence-electron chi connectivity index (χ1n) is 9.02. The van der Waals surface area contributed by atoms with Crippen LogP contribution in [0.5, 0.6) is 5.75 Å². The summed E-state index contributed by atoms with van der Waals surface area (Å²) in [5.74, 6) is 0.143. The summed E-state index contributed by atoms with van der Waals surface area (Å²) < 4.78 is 5.60. The van der Waals surface area contributed by atoms with Crippen LogP contribution < -0.4 is 15.4 Å². The minimum Gasteiger partial charge on any atom is -0.494 e. The van der Waals surface area contributed by atoms with E-state index in [1.54, 1.807) is 36.7 Å². The van der Waals surface area contributed by atoms with E-state index in [9.17, 15) is 4.79 Å². The molecular weight excluding hydrogens is 358 g/mol. The first kappa shape index (κ1) is 20.7. The fourth-order valence-electron chi connectivity index (χ4n) is 2.38. The molecule has 0 unspecified atom stereocenters. The monoisotopic (exact) mass is 381 g/mol. The molecule has 8 nitrogen and oxygen atoms in total. The van der Waals surface area contributed by atoms with Crippen LogP contribution in [0.25, 0.3) is 0 Å². The normalized spacial score (nSPS) is 10.8. The van der Waals surface area contributed by atoms with Gasteiger partial charge in [0.25, 0.3) is 0 Å². The number of pyridine rings is 1. The number of benzene rings is 1. The molecule has 2 aromatic rings. The van der Waals surface area contributed by atoms with Gasteiger partial charge in [-0.1, -0.05) is 6.42 Å². The molecule has 2 rings (SSSR count). The molecule has 0 spiro atoms. The number of guanidine groups is 1. The lowest BCUT2D eigenvalue weighted by Gasteiger charge is -2.08. The highest BCUT2D eigenvalue weighted by Crippen LogP contribution is 2.13. The highest BCUT2D eigenvalue weighted by Gasteiger charge is 2.02. The van der Waals surface area contributed by atoms with Crippen molar-refractivity contribution in [3.8, 4) is 11.9 Å². The molecule has 0 saturated carbocycles. The predicted molar refractivity (Wildman–Crippen MR) is 106 cm³/mol. The molecule has 0 aliphatic carbocycles. The first-order chi connectivity index (χ1) is 13.7. The molecule has 0 fully saturated rings. The predicted octanol–water partition coefficient (Wildman–Crippen LogP) is 3.26. The molecule has 0 aliphatic heterocycles. The number of aromatic carboxylic acids is 1. The van der Waals surface area contributed by atoms with E-state index in [-0.39, 0.29) is 5.56 Å². The maximum atomic E-state index is 10.8. The number of rotatable bonds is 10. The number of carbonyl (C=O) groups is 1. The number of carboxylic acids is 1. The second-order valence-electron chi connectivity index (χ2n) is 5.92. The molecule has 3 N–H and O–H groups in total. The van der Waals surface area contributed by atoms with Gasteiger partial charge < -0.3 is 15.2 Å². The number of aromatic nitrogens is 1.